The van der Waals surface area contributed by atoms with Crippen molar-refractivity contribution in [1.82, 2.24) is 4.90 Å². The molecule has 1 aliphatic rings. The SMILES string of the molecule is CC(C)(C#N)c1ccc(NC2CCN(C(N)=O)CC2)cc1. The number of nitrogens with zero attached hydrogens (tertiary/aromatic N) is 2. The number of urea groups is 1. The smallest absolute Gasteiger partial charge is 0.314 e. The van der Waals surface area contributed by atoms with Crippen LogP contribution in [-0.2, 0) is 5.41 Å². The highest BCUT2D eigenvalue weighted by Crippen LogP contribution is 2.24. The average molecular weight is 286 g/mol. The predicted octanol–water partition coefficient (Wildman–Crippen LogP) is 2.44. The van der Waals surface area contributed by atoms with Crippen LogP contribution in [0, 0.1) is 11.3 Å². The minimum absolute atomic E-state index is 0.337. The molecule has 1 heterocycles. The van der Waals surface area contributed by atoms with Crippen LogP contribution in [0.15, 0.2) is 24.3 Å². The Kier molecular flexibility index (Phi) is 4.37. The quantitative estimate of drug-likeness (QED) is 0.895. The molecule has 0 unspecified atom stereocenters. The molecule has 0 bridgehead atoms. The molecule has 1 aliphatic heterocycles. The zero-order valence-corrected chi connectivity index (χ0v) is 12.6. The van der Waals surface area contributed by atoms with Gasteiger partial charge >= 0.3 is 6.03 Å². The molecule has 0 atom stereocenters. The van der Waals surface area contributed by atoms with E-state index >= 15 is 0 Å². The van der Waals surface area contributed by atoms with Gasteiger partial charge in [-0.05, 0) is 44.4 Å². The molecular weight excluding hydrogens is 264 g/mol. The molecule has 1 fully saturated rings. The topological polar surface area (TPSA) is 82.2 Å². The molecule has 0 spiro atoms. The van der Waals surface area contributed by atoms with Gasteiger partial charge in [0, 0.05) is 24.8 Å². The minimum Gasteiger partial charge on any atom is -0.382 e. The molecule has 5 heteroatoms. The maximum Gasteiger partial charge on any atom is 0.314 e. The molecule has 2 rings (SSSR count). The van der Waals surface area contributed by atoms with Crippen LogP contribution in [0.1, 0.15) is 32.3 Å². The first-order chi connectivity index (χ1) is 9.92. The van der Waals surface area contributed by atoms with Crippen molar-refractivity contribution in [2.24, 2.45) is 5.73 Å². The Balaban J connectivity index is 1.93. The van der Waals surface area contributed by atoms with Crippen molar-refractivity contribution in [3.8, 4) is 6.07 Å². The molecule has 21 heavy (non-hydrogen) atoms. The predicted molar refractivity (Wildman–Crippen MR) is 82.9 cm³/mol. The third-order valence-corrected chi connectivity index (χ3v) is 4.06. The van der Waals surface area contributed by atoms with Crippen LogP contribution in [0.5, 0.6) is 0 Å². The lowest BCUT2D eigenvalue weighted by Gasteiger charge is -2.31. The number of primary amides is 1. The molecule has 0 aliphatic carbocycles. The van der Waals surface area contributed by atoms with Gasteiger partial charge in [0.1, 0.15) is 0 Å². The number of likely N-dealkylation sites (tertiary alicyclic amines) is 1. The summed E-state index contributed by atoms with van der Waals surface area (Å²) >= 11 is 0. The maximum absolute atomic E-state index is 11.1. The van der Waals surface area contributed by atoms with Crippen molar-refractivity contribution in [3.05, 3.63) is 29.8 Å². The van der Waals surface area contributed by atoms with E-state index in [4.69, 9.17) is 11.0 Å². The summed E-state index contributed by atoms with van der Waals surface area (Å²) in [6.07, 6.45) is 1.79. The number of rotatable bonds is 3. The van der Waals surface area contributed by atoms with E-state index < -0.39 is 5.41 Å². The maximum atomic E-state index is 11.1. The van der Waals surface area contributed by atoms with Gasteiger partial charge in [0.15, 0.2) is 0 Å². The number of nitrogens with one attached hydrogen (secondary N) is 1. The van der Waals surface area contributed by atoms with Gasteiger partial charge in [0.05, 0.1) is 11.5 Å². The lowest BCUT2D eigenvalue weighted by atomic mass is 9.86. The Hall–Kier alpha value is -2.22. The summed E-state index contributed by atoms with van der Waals surface area (Å²) in [5.74, 6) is 0. The Labute approximate surface area is 125 Å². The van der Waals surface area contributed by atoms with Crippen molar-refractivity contribution >= 4 is 11.7 Å². The number of nitrogens with two attached hydrogens (primary N) is 1. The molecule has 0 aromatic heterocycles. The summed E-state index contributed by atoms with van der Waals surface area (Å²) in [4.78, 5) is 12.8. The Bertz CT molecular complexity index is 536. The molecule has 1 aromatic carbocycles. The summed E-state index contributed by atoms with van der Waals surface area (Å²) in [6.45, 7) is 5.23. The Morgan fingerprint density at radius 3 is 2.38 bits per heavy atom. The van der Waals surface area contributed by atoms with Crippen molar-refractivity contribution in [2.45, 2.75) is 38.1 Å². The normalized spacial score (nSPS) is 16.3. The number of piperidine rings is 1. The van der Waals surface area contributed by atoms with Gasteiger partial charge < -0.3 is 16.0 Å². The monoisotopic (exact) mass is 286 g/mol. The molecule has 1 saturated heterocycles. The van der Waals surface area contributed by atoms with Gasteiger partial charge in [0.25, 0.3) is 0 Å². The fourth-order valence-electron chi connectivity index (χ4n) is 2.53. The number of benzene rings is 1. The number of hydrogen-bond donors (Lipinski definition) is 2. The minimum atomic E-state index is -0.467. The van der Waals surface area contributed by atoms with Gasteiger partial charge in [-0.1, -0.05) is 12.1 Å². The van der Waals surface area contributed by atoms with E-state index in [0.29, 0.717) is 19.1 Å². The second-order valence-corrected chi connectivity index (χ2v) is 6.06. The molecule has 0 saturated carbocycles. The van der Waals surface area contributed by atoms with E-state index in [1.165, 1.54) is 0 Å². The van der Waals surface area contributed by atoms with E-state index in [2.05, 4.69) is 11.4 Å². The van der Waals surface area contributed by atoms with Gasteiger partial charge in [-0.25, -0.2) is 4.79 Å². The first kappa shape index (κ1) is 15.2. The van der Waals surface area contributed by atoms with Crippen molar-refractivity contribution < 1.29 is 4.79 Å². The number of carbonyl (C=O) groups excluding carboxylic acids is 1. The summed E-state index contributed by atoms with van der Waals surface area (Å²) in [5, 5.41) is 12.6. The van der Waals surface area contributed by atoms with Crippen LogP contribution >= 0.6 is 0 Å². The number of nitriles is 1. The van der Waals surface area contributed by atoms with Crippen molar-refractivity contribution in [2.75, 3.05) is 18.4 Å². The van der Waals surface area contributed by atoms with E-state index in [-0.39, 0.29) is 6.03 Å². The third-order valence-electron chi connectivity index (χ3n) is 4.06. The summed E-state index contributed by atoms with van der Waals surface area (Å²) in [6, 6.07) is 10.3. The lowest BCUT2D eigenvalue weighted by Crippen LogP contribution is -2.44. The van der Waals surface area contributed by atoms with Gasteiger partial charge in [-0.15, -0.1) is 0 Å². The Morgan fingerprint density at radius 2 is 1.90 bits per heavy atom. The van der Waals surface area contributed by atoms with E-state index in [0.717, 1.165) is 24.1 Å². The molecule has 5 nitrogen and oxygen atoms in total. The van der Waals surface area contributed by atoms with Gasteiger partial charge in [0.2, 0.25) is 0 Å². The summed E-state index contributed by atoms with van der Waals surface area (Å²) in [7, 11) is 0. The lowest BCUT2D eigenvalue weighted by molar-refractivity contribution is 0.193. The van der Waals surface area contributed by atoms with Crippen LogP contribution < -0.4 is 11.1 Å². The summed E-state index contributed by atoms with van der Waals surface area (Å²) < 4.78 is 0. The molecule has 3 N–H and O–H groups in total. The van der Waals surface area contributed by atoms with Crippen molar-refractivity contribution in [1.29, 1.82) is 5.26 Å². The zero-order chi connectivity index (χ0) is 15.5. The van der Waals surface area contributed by atoms with Gasteiger partial charge in [-0.3, -0.25) is 0 Å². The van der Waals surface area contributed by atoms with E-state index in [1.807, 2.05) is 38.1 Å². The number of carbonyl (C=O) groups is 1. The van der Waals surface area contributed by atoms with Crippen LogP contribution in [0.25, 0.3) is 0 Å². The first-order valence-corrected chi connectivity index (χ1v) is 7.25. The van der Waals surface area contributed by atoms with E-state index in [1.54, 1.807) is 4.90 Å². The number of amides is 2. The molecular formula is C16H22N4O. The van der Waals surface area contributed by atoms with Crippen LogP contribution in [-0.4, -0.2) is 30.1 Å². The molecule has 0 radical (unpaired) electrons. The van der Waals surface area contributed by atoms with Gasteiger partial charge in [-0.2, -0.15) is 5.26 Å². The van der Waals surface area contributed by atoms with Crippen LogP contribution in [0.3, 0.4) is 0 Å². The fourth-order valence-corrected chi connectivity index (χ4v) is 2.53. The number of anilines is 1. The second kappa shape index (κ2) is 6.04. The van der Waals surface area contributed by atoms with E-state index in [9.17, 15) is 4.79 Å². The molecule has 2 amide bonds. The summed E-state index contributed by atoms with van der Waals surface area (Å²) in [5.41, 5.74) is 6.87. The molecule has 112 valence electrons. The van der Waals surface area contributed by atoms with Crippen molar-refractivity contribution in [3.63, 3.8) is 0 Å². The highest BCUT2D eigenvalue weighted by molar-refractivity contribution is 5.72. The standard InChI is InChI=1S/C16H22N4O/c1-16(2,11-17)12-3-5-13(6-4-12)19-14-7-9-20(10-8-14)15(18)21/h3-6,14,19H,7-10H2,1-2H3,(H2,18,21). The first-order valence-electron chi connectivity index (χ1n) is 7.25. The zero-order valence-electron chi connectivity index (χ0n) is 12.6. The highest BCUT2D eigenvalue weighted by atomic mass is 16.2. The Morgan fingerprint density at radius 1 is 1.33 bits per heavy atom. The fraction of sp³-hybridized carbons (Fsp3) is 0.500. The highest BCUT2D eigenvalue weighted by Gasteiger charge is 2.22. The number of hydrogen-bond acceptors (Lipinski definition) is 3. The largest absolute Gasteiger partial charge is 0.382 e. The van der Waals surface area contributed by atoms with Crippen LogP contribution in [0.4, 0.5) is 10.5 Å². The molecule has 1 aromatic rings. The second-order valence-electron chi connectivity index (χ2n) is 6.06. The third kappa shape index (κ3) is 3.66. The average Bonchev–Trinajstić information content (AvgIpc) is 2.48. The van der Waals surface area contributed by atoms with Crippen LogP contribution in [0.2, 0.25) is 0 Å².